The van der Waals surface area contributed by atoms with Crippen molar-refractivity contribution in [2.75, 3.05) is 0 Å². The molecule has 1 aliphatic rings. The average Bonchev–Trinajstić information content (AvgIpc) is 2.48. The van der Waals surface area contributed by atoms with Crippen molar-refractivity contribution >= 4 is 11.6 Å². The van der Waals surface area contributed by atoms with Gasteiger partial charge in [0.15, 0.2) is 11.0 Å². The van der Waals surface area contributed by atoms with Crippen LogP contribution in [0.2, 0.25) is 5.15 Å². The molecule has 1 saturated carbocycles. The third-order valence-corrected chi connectivity index (χ3v) is 2.94. The van der Waals surface area contributed by atoms with Gasteiger partial charge in [0.05, 0.1) is 18.3 Å². The van der Waals surface area contributed by atoms with Gasteiger partial charge in [-0.3, -0.25) is 4.68 Å². The maximum atomic E-state index is 12.9. The Bertz CT molecular complexity index is 301. The van der Waals surface area contributed by atoms with Crippen molar-refractivity contribution in [2.45, 2.75) is 37.8 Å². The van der Waals surface area contributed by atoms with Crippen LogP contribution in [-0.2, 0) is 0 Å². The molecule has 0 bridgehead atoms. The first-order chi connectivity index (χ1) is 6.66. The zero-order valence-electron chi connectivity index (χ0n) is 7.66. The molecule has 1 aliphatic carbocycles. The molecule has 1 aromatic heterocycles. The van der Waals surface area contributed by atoms with E-state index in [4.69, 9.17) is 11.6 Å². The molecule has 1 heterocycles. The second-order valence-electron chi connectivity index (χ2n) is 3.71. The minimum atomic E-state index is -0.474. The number of rotatable bonds is 1. The molecule has 0 unspecified atom stereocenters. The molecule has 14 heavy (non-hydrogen) atoms. The third kappa shape index (κ3) is 1.91. The fourth-order valence-corrected chi connectivity index (χ4v) is 1.99. The van der Waals surface area contributed by atoms with E-state index in [2.05, 4.69) is 5.10 Å². The smallest absolute Gasteiger partial charge is 0.186 e. The summed E-state index contributed by atoms with van der Waals surface area (Å²) >= 11 is 5.52. The molecule has 1 fully saturated rings. The van der Waals surface area contributed by atoms with Crippen LogP contribution in [0, 0.1) is 5.82 Å². The van der Waals surface area contributed by atoms with Crippen molar-refractivity contribution in [2.24, 2.45) is 0 Å². The standard InChI is InChI=1S/C9H12ClFN2O/c10-9-8(11)5-13(12-9)6-1-3-7(14)4-2-6/h5-7,14H,1-4H2. The van der Waals surface area contributed by atoms with Gasteiger partial charge < -0.3 is 5.11 Å². The Hall–Kier alpha value is -0.610. The van der Waals surface area contributed by atoms with E-state index in [0.29, 0.717) is 0 Å². The van der Waals surface area contributed by atoms with E-state index >= 15 is 0 Å². The minimum absolute atomic E-state index is 0.0730. The fourth-order valence-electron chi connectivity index (χ4n) is 1.86. The Kier molecular flexibility index (Phi) is 2.74. The minimum Gasteiger partial charge on any atom is -0.393 e. The summed E-state index contributed by atoms with van der Waals surface area (Å²) in [7, 11) is 0. The number of hydrogen-bond donors (Lipinski definition) is 1. The van der Waals surface area contributed by atoms with E-state index in [1.54, 1.807) is 4.68 Å². The first kappa shape index (κ1) is 9.93. The van der Waals surface area contributed by atoms with Gasteiger partial charge in [-0.1, -0.05) is 11.6 Å². The summed E-state index contributed by atoms with van der Waals surface area (Å²) in [5, 5.41) is 13.1. The summed E-state index contributed by atoms with van der Waals surface area (Å²) in [4.78, 5) is 0. The molecule has 5 heteroatoms. The molecular weight excluding hydrogens is 207 g/mol. The Morgan fingerprint density at radius 2 is 2.07 bits per heavy atom. The maximum Gasteiger partial charge on any atom is 0.186 e. The van der Waals surface area contributed by atoms with Crippen LogP contribution in [0.15, 0.2) is 6.20 Å². The lowest BCUT2D eigenvalue weighted by Crippen LogP contribution is -2.21. The van der Waals surface area contributed by atoms with Crippen molar-refractivity contribution < 1.29 is 9.50 Å². The highest BCUT2D eigenvalue weighted by Gasteiger charge is 2.22. The second-order valence-corrected chi connectivity index (χ2v) is 4.07. The highest BCUT2D eigenvalue weighted by molar-refractivity contribution is 6.29. The Morgan fingerprint density at radius 3 is 2.57 bits per heavy atom. The van der Waals surface area contributed by atoms with Gasteiger partial charge in [-0.25, -0.2) is 4.39 Å². The van der Waals surface area contributed by atoms with Crippen LogP contribution >= 0.6 is 11.6 Å². The predicted octanol–water partition coefficient (Wildman–Crippen LogP) is 2.15. The molecule has 1 N–H and O–H groups in total. The SMILES string of the molecule is OC1CCC(n2cc(F)c(Cl)n2)CC1. The molecule has 0 radical (unpaired) electrons. The number of aliphatic hydroxyl groups is 1. The summed E-state index contributed by atoms with van der Waals surface area (Å²) in [6.45, 7) is 0. The van der Waals surface area contributed by atoms with Gasteiger partial charge in [-0.2, -0.15) is 5.10 Å². The monoisotopic (exact) mass is 218 g/mol. The normalized spacial score (nSPS) is 27.9. The van der Waals surface area contributed by atoms with Crippen molar-refractivity contribution in [3.05, 3.63) is 17.2 Å². The average molecular weight is 219 g/mol. The largest absolute Gasteiger partial charge is 0.393 e. The van der Waals surface area contributed by atoms with Crippen molar-refractivity contribution in [3.63, 3.8) is 0 Å². The van der Waals surface area contributed by atoms with Crippen LogP contribution in [0.4, 0.5) is 4.39 Å². The van der Waals surface area contributed by atoms with Gasteiger partial charge in [0.2, 0.25) is 0 Å². The second kappa shape index (κ2) is 3.87. The summed E-state index contributed by atoms with van der Waals surface area (Å²) in [6.07, 6.45) is 4.29. The van der Waals surface area contributed by atoms with Gasteiger partial charge >= 0.3 is 0 Å². The van der Waals surface area contributed by atoms with E-state index in [9.17, 15) is 9.50 Å². The zero-order chi connectivity index (χ0) is 10.1. The Labute approximate surface area is 86.5 Å². The maximum absolute atomic E-state index is 12.9. The number of aliphatic hydroxyl groups excluding tert-OH is 1. The molecule has 0 aliphatic heterocycles. The highest BCUT2D eigenvalue weighted by atomic mass is 35.5. The first-order valence-electron chi connectivity index (χ1n) is 4.75. The van der Waals surface area contributed by atoms with Gasteiger partial charge in [-0.15, -0.1) is 0 Å². The molecule has 2 rings (SSSR count). The van der Waals surface area contributed by atoms with Gasteiger partial charge in [-0.05, 0) is 25.7 Å². The van der Waals surface area contributed by atoms with Crippen molar-refractivity contribution in [3.8, 4) is 0 Å². The van der Waals surface area contributed by atoms with Crippen LogP contribution in [-0.4, -0.2) is 21.0 Å². The molecule has 0 saturated heterocycles. The Morgan fingerprint density at radius 1 is 1.43 bits per heavy atom. The van der Waals surface area contributed by atoms with E-state index in [1.165, 1.54) is 6.20 Å². The number of nitrogens with zero attached hydrogens (tertiary/aromatic N) is 2. The topological polar surface area (TPSA) is 38.0 Å². The van der Waals surface area contributed by atoms with Crippen LogP contribution in [0.25, 0.3) is 0 Å². The van der Waals surface area contributed by atoms with E-state index in [1.807, 2.05) is 0 Å². The fraction of sp³-hybridized carbons (Fsp3) is 0.667. The molecule has 0 aromatic carbocycles. The van der Waals surface area contributed by atoms with Crippen molar-refractivity contribution in [1.29, 1.82) is 0 Å². The van der Waals surface area contributed by atoms with Gasteiger partial charge in [0, 0.05) is 0 Å². The molecule has 0 spiro atoms. The van der Waals surface area contributed by atoms with Crippen LogP contribution in [0.5, 0.6) is 0 Å². The summed E-state index contributed by atoms with van der Waals surface area (Å²) in [6, 6.07) is 0.181. The van der Waals surface area contributed by atoms with E-state index < -0.39 is 5.82 Å². The predicted molar refractivity (Wildman–Crippen MR) is 50.7 cm³/mol. The Balaban J connectivity index is 2.08. The third-order valence-electron chi connectivity index (χ3n) is 2.69. The van der Waals surface area contributed by atoms with Crippen molar-refractivity contribution in [1.82, 2.24) is 9.78 Å². The van der Waals surface area contributed by atoms with Gasteiger partial charge in [0.25, 0.3) is 0 Å². The molecule has 0 amide bonds. The quantitative estimate of drug-likeness (QED) is 0.785. The van der Waals surface area contributed by atoms with Crippen LogP contribution in [0.1, 0.15) is 31.7 Å². The van der Waals surface area contributed by atoms with Gasteiger partial charge in [0.1, 0.15) is 0 Å². The highest BCUT2D eigenvalue weighted by Crippen LogP contribution is 2.28. The first-order valence-corrected chi connectivity index (χ1v) is 5.13. The zero-order valence-corrected chi connectivity index (χ0v) is 8.41. The molecule has 1 aromatic rings. The number of aromatic nitrogens is 2. The summed E-state index contributed by atoms with van der Waals surface area (Å²) in [5.41, 5.74) is 0. The molecule has 0 atom stereocenters. The summed E-state index contributed by atoms with van der Waals surface area (Å²) < 4.78 is 14.5. The summed E-state index contributed by atoms with van der Waals surface area (Å²) in [5.74, 6) is -0.474. The molecular formula is C9H12ClFN2O. The van der Waals surface area contributed by atoms with E-state index in [0.717, 1.165) is 25.7 Å². The number of halogens is 2. The molecule has 78 valence electrons. The van der Waals surface area contributed by atoms with Crippen LogP contribution < -0.4 is 0 Å². The van der Waals surface area contributed by atoms with E-state index in [-0.39, 0.29) is 17.3 Å². The lowest BCUT2D eigenvalue weighted by atomic mass is 9.93. The molecule has 3 nitrogen and oxygen atoms in total. The lowest BCUT2D eigenvalue weighted by Gasteiger charge is -2.25. The number of hydrogen-bond acceptors (Lipinski definition) is 2. The lowest BCUT2D eigenvalue weighted by molar-refractivity contribution is 0.108. The van der Waals surface area contributed by atoms with Crippen LogP contribution in [0.3, 0.4) is 0 Å².